The molecule has 2 rings (SSSR count). The lowest BCUT2D eigenvalue weighted by Crippen LogP contribution is -2.37. The lowest BCUT2D eigenvalue weighted by molar-refractivity contribution is -0.136. The zero-order valence-corrected chi connectivity index (χ0v) is 12.1. The number of anilines is 1. The number of carboxylic acid groups (broad SMARTS) is 1. The molecule has 20 heavy (non-hydrogen) atoms. The molecule has 1 saturated heterocycles. The zero-order valence-electron chi connectivity index (χ0n) is 11.3. The van der Waals surface area contributed by atoms with Gasteiger partial charge in [0.15, 0.2) is 0 Å². The fourth-order valence-electron chi connectivity index (χ4n) is 2.37. The van der Waals surface area contributed by atoms with Gasteiger partial charge in [0.25, 0.3) is 0 Å². The molecular formula is C15H19NO3S. The molecule has 0 saturated carbocycles. The van der Waals surface area contributed by atoms with Gasteiger partial charge in [-0.25, -0.2) is 0 Å². The first kappa shape index (κ1) is 14.9. The molecule has 1 amide bonds. The van der Waals surface area contributed by atoms with E-state index in [4.69, 9.17) is 5.11 Å². The second-order valence-electron chi connectivity index (χ2n) is 4.97. The van der Waals surface area contributed by atoms with Crippen molar-refractivity contribution in [2.24, 2.45) is 5.92 Å². The molecule has 0 aromatic heterocycles. The predicted octanol–water partition coefficient (Wildman–Crippen LogP) is 2.64. The van der Waals surface area contributed by atoms with Crippen LogP contribution in [0.3, 0.4) is 0 Å². The van der Waals surface area contributed by atoms with Crippen molar-refractivity contribution in [1.82, 2.24) is 0 Å². The number of amides is 1. The molecule has 1 N–H and O–H groups in total. The molecule has 108 valence electrons. The second kappa shape index (κ2) is 7.33. The Morgan fingerprint density at radius 2 is 1.85 bits per heavy atom. The molecule has 1 aliphatic rings. The highest BCUT2D eigenvalue weighted by Gasteiger charge is 2.23. The van der Waals surface area contributed by atoms with E-state index in [-0.39, 0.29) is 12.5 Å². The molecule has 1 fully saturated rings. The maximum absolute atomic E-state index is 12.4. The van der Waals surface area contributed by atoms with E-state index in [0.29, 0.717) is 18.0 Å². The molecule has 0 bridgehead atoms. The van der Waals surface area contributed by atoms with E-state index in [1.807, 2.05) is 30.0 Å². The first-order chi connectivity index (χ1) is 9.66. The van der Waals surface area contributed by atoms with Gasteiger partial charge >= 0.3 is 5.97 Å². The minimum absolute atomic E-state index is 0.0875. The molecule has 0 aliphatic carbocycles. The Kier molecular flexibility index (Phi) is 5.47. The summed E-state index contributed by atoms with van der Waals surface area (Å²) in [7, 11) is 0. The Morgan fingerprint density at radius 3 is 2.45 bits per heavy atom. The molecule has 0 radical (unpaired) electrons. The van der Waals surface area contributed by atoms with Gasteiger partial charge in [-0.1, -0.05) is 18.2 Å². The van der Waals surface area contributed by atoms with E-state index in [0.717, 1.165) is 24.3 Å². The van der Waals surface area contributed by atoms with E-state index >= 15 is 0 Å². The van der Waals surface area contributed by atoms with Gasteiger partial charge in [-0.15, -0.1) is 0 Å². The maximum atomic E-state index is 12.4. The van der Waals surface area contributed by atoms with Crippen LogP contribution in [0.5, 0.6) is 0 Å². The normalized spacial score (nSPS) is 15.8. The summed E-state index contributed by atoms with van der Waals surface area (Å²) in [6.45, 7) is -0.273. The number of carboxylic acids is 1. The number of carbonyl (C=O) groups excluding carboxylic acids is 1. The molecular weight excluding hydrogens is 274 g/mol. The summed E-state index contributed by atoms with van der Waals surface area (Å²) in [5, 5.41) is 9.00. The molecule has 4 nitrogen and oxygen atoms in total. The molecule has 5 heteroatoms. The highest BCUT2D eigenvalue weighted by atomic mass is 32.2. The number of benzene rings is 1. The van der Waals surface area contributed by atoms with Gasteiger partial charge in [-0.3, -0.25) is 9.59 Å². The first-order valence-electron chi connectivity index (χ1n) is 6.82. The summed E-state index contributed by atoms with van der Waals surface area (Å²) in [6, 6.07) is 9.03. The standard InChI is InChI=1S/C15H19NO3S/c17-14(10-12-6-8-20-9-7-12)16(11-15(18)19)13-4-2-1-3-5-13/h1-5,12H,6-11H2,(H,18,19). The van der Waals surface area contributed by atoms with Gasteiger partial charge in [0.05, 0.1) is 0 Å². The Bertz CT molecular complexity index is 457. The Balaban J connectivity index is 2.05. The molecule has 1 aliphatic heterocycles. The fraction of sp³-hybridized carbons (Fsp3) is 0.467. The molecule has 1 aromatic rings. The number of thioether (sulfide) groups is 1. The van der Waals surface area contributed by atoms with Crippen LogP contribution in [0, 0.1) is 5.92 Å². The van der Waals surface area contributed by atoms with Crippen molar-refractivity contribution in [3.63, 3.8) is 0 Å². The van der Waals surface area contributed by atoms with Crippen molar-refractivity contribution < 1.29 is 14.7 Å². The van der Waals surface area contributed by atoms with Crippen molar-refractivity contribution >= 4 is 29.3 Å². The van der Waals surface area contributed by atoms with Crippen molar-refractivity contribution in [3.05, 3.63) is 30.3 Å². The van der Waals surface area contributed by atoms with Crippen molar-refractivity contribution in [3.8, 4) is 0 Å². The minimum Gasteiger partial charge on any atom is -0.480 e. The number of aliphatic carboxylic acids is 1. The van der Waals surface area contributed by atoms with Crippen LogP contribution in [0.1, 0.15) is 19.3 Å². The molecule has 0 unspecified atom stereocenters. The van der Waals surface area contributed by atoms with Crippen LogP contribution in [-0.2, 0) is 9.59 Å². The summed E-state index contributed by atoms with van der Waals surface area (Å²) in [5.74, 6) is 1.52. The average molecular weight is 293 g/mol. The van der Waals surface area contributed by atoms with E-state index in [2.05, 4.69) is 0 Å². The molecule has 1 heterocycles. The van der Waals surface area contributed by atoms with Gasteiger partial charge in [-0.2, -0.15) is 11.8 Å². The van der Waals surface area contributed by atoms with Crippen LogP contribution in [0.2, 0.25) is 0 Å². The van der Waals surface area contributed by atoms with Crippen molar-refractivity contribution in [1.29, 1.82) is 0 Å². The van der Waals surface area contributed by atoms with Gasteiger partial charge in [0, 0.05) is 12.1 Å². The highest BCUT2D eigenvalue weighted by molar-refractivity contribution is 7.99. The minimum atomic E-state index is -0.985. The predicted molar refractivity (Wildman–Crippen MR) is 81.1 cm³/mol. The van der Waals surface area contributed by atoms with Gasteiger partial charge in [-0.05, 0) is 42.4 Å². The fourth-order valence-corrected chi connectivity index (χ4v) is 3.58. The Labute approximate surface area is 123 Å². The van der Waals surface area contributed by atoms with Crippen LogP contribution in [0.15, 0.2) is 30.3 Å². The lowest BCUT2D eigenvalue weighted by atomic mass is 9.98. The zero-order chi connectivity index (χ0) is 14.4. The third kappa shape index (κ3) is 4.27. The monoisotopic (exact) mass is 293 g/mol. The summed E-state index contributed by atoms with van der Waals surface area (Å²) < 4.78 is 0. The van der Waals surface area contributed by atoms with Gasteiger partial charge < -0.3 is 10.0 Å². The van der Waals surface area contributed by atoms with Gasteiger partial charge in [0.2, 0.25) is 5.91 Å². The summed E-state index contributed by atoms with van der Waals surface area (Å²) in [4.78, 5) is 24.8. The quantitative estimate of drug-likeness (QED) is 0.906. The van der Waals surface area contributed by atoms with E-state index < -0.39 is 5.97 Å². The number of para-hydroxylation sites is 1. The van der Waals surface area contributed by atoms with Gasteiger partial charge in [0.1, 0.15) is 6.54 Å². The van der Waals surface area contributed by atoms with Crippen molar-refractivity contribution in [2.45, 2.75) is 19.3 Å². The topological polar surface area (TPSA) is 57.6 Å². The third-order valence-electron chi connectivity index (χ3n) is 3.47. The Hall–Kier alpha value is -1.49. The lowest BCUT2D eigenvalue weighted by Gasteiger charge is -2.25. The van der Waals surface area contributed by atoms with E-state index in [1.54, 1.807) is 12.1 Å². The summed E-state index contributed by atoms with van der Waals surface area (Å²) in [6.07, 6.45) is 2.54. The van der Waals surface area contributed by atoms with Crippen molar-refractivity contribution in [2.75, 3.05) is 23.0 Å². The molecule has 1 aromatic carbocycles. The van der Waals surface area contributed by atoms with Crippen LogP contribution >= 0.6 is 11.8 Å². The van der Waals surface area contributed by atoms with Crippen LogP contribution in [-0.4, -0.2) is 35.0 Å². The molecule has 0 atom stereocenters. The van der Waals surface area contributed by atoms with Crippen LogP contribution in [0.25, 0.3) is 0 Å². The number of rotatable bonds is 5. The number of nitrogens with zero attached hydrogens (tertiary/aromatic N) is 1. The van der Waals surface area contributed by atoms with Crippen LogP contribution in [0.4, 0.5) is 5.69 Å². The summed E-state index contributed by atoms with van der Waals surface area (Å²) >= 11 is 1.92. The number of carbonyl (C=O) groups is 2. The SMILES string of the molecule is O=C(O)CN(C(=O)CC1CCSCC1)c1ccccc1. The third-order valence-corrected chi connectivity index (χ3v) is 4.52. The maximum Gasteiger partial charge on any atom is 0.323 e. The summed E-state index contributed by atoms with van der Waals surface area (Å²) in [5.41, 5.74) is 0.657. The second-order valence-corrected chi connectivity index (χ2v) is 6.19. The Morgan fingerprint density at radius 1 is 1.20 bits per heavy atom. The smallest absolute Gasteiger partial charge is 0.323 e. The first-order valence-corrected chi connectivity index (χ1v) is 7.97. The highest BCUT2D eigenvalue weighted by Crippen LogP contribution is 2.26. The largest absolute Gasteiger partial charge is 0.480 e. The molecule has 0 spiro atoms. The average Bonchev–Trinajstić information content (AvgIpc) is 2.46. The van der Waals surface area contributed by atoms with E-state index in [9.17, 15) is 9.59 Å². The van der Waals surface area contributed by atoms with E-state index in [1.165, 1.54) is 4.90 Å². The van der Waals surface area contributed by atoms with Crippen LogP contribution < -0.4 is 4.90 Å². The number of hydrogen-bond acceptors (Lipinski definition) is 3. The number of hydrogen-bond donors (Lipinski definition) is 1.